The van der Waals surface area contributed by atoms with Crippen molar-refractivity contribution >= 4 is 60.8 Å². The van der Waals surface area contributed by atoms with Gasteiger partial charge in [-0.25, -0.2) is 4.98 Å². The first-order valence-corrected chi connectivity index (χ1v) is 18.8. The molecule has 1 heterocycles. The fourth-order valence-corrected chi connectivity index (χ4v) is 5.81. The lowest BCUT2D eigenvalue weighted by Crippen LogP contribution is -2.27. The normalized spacial score (nSPS) is 12.1. The van der Waals surface area contributed by atoms with Gasteiger partial charge in [0.05, 0.1) is 37.1 Å². The maximum atomic E-state index is 11.3. The molecular formula is C31H34ClN3O7S3. The Morgan fingerprint density at radius 2 is 1.44 bits per heavy atom. The minimum Gasteiger partial charge on any atom is -0.486 e. The molecule has 0 bridgehead atoms. The summed E-state index contributed by atoms with van der Waals surface area (Å²) in [6.07, 6.45) is 4.75. The highest BCUT2D eigenvalue weighted by molar-refractivity contribution is 7.86. The van der Waals surface area contributed by atoms with E-state index in [0.717, 1.165) is 51.5 Å². The van der Waals surface area contributed by atoms with Crippen LogP contribution in [0.1, 0.15) is 23.4 Å². The lowest BCUT2D eigenvalue weighted by molar-refractivity contribution is 0.305. The van der Waals surface area contributed by atoms with Crippen LogP contribution in [0.15, 0.2) is 83.2 Å². The molecule has 0 N–H and O–H groups in total. The number of hydrogen-bond acceptors (Lipinski definition) is 11. The number of benzene rings is 3. The van der Waals surface area contributed by atoms with Crippen molar-refractivity contribution in [2.24, 2.45) is 4.99 Å². The Kier molecular flexibility index (Phi) is 12.5. The second kappa shape index (κ2) is 16.3. The highest BCUT2D eigenvalue weighted by atomic mass is 35.5. The van der Waals surface area contributed by atoms with Gasteiger partial charge in [0.2, 0.25) is 0 Å². The van der Waals surface area contributed by atoms with Crippen LogP contribution in [0.25, 0.3) is 11.3 Å². The predicted molar refractivity (Wildman–Crippen MR) is 180 cm³/mol. The van der Waals surface area contributed by atoms with E-state index >= 15 is 0 Å². The third kappa shape index (κ3) is 12.5. The van der Waals surface area contributed by atoms with Crippen molar-refractivity contribution in [1.29, 1.82) is 0 Å². The molecule has 10 nitrogen and oxygen atoms in total. The summed E-state index contributed by atoms with van der Waals surface area (Å²) in [5, 5.41) is 3.53. The molecule has 3 aromatic carbocycles. The van der Waals surface area contributed by atoms with E-state index in [1.54, 1.807) is 18.3 Å². The third-order valence-corrected chi connectivity index (χ3v) is 8.52. The van der Waals surface area contributed by atoms with Crippen LogP contribution >= 0.6 is 22.9 Å². The van der Waals surface area contributed by atoms with Crippen LogP contribution in [0.3, 0.4) is 0 Å². The van der Waals surface area contributed by atoms with Crippen LogP contribution in [-0.4, -0.2) is 66.8 Å². The second-order valence-corrected chi connectivity index (χ2v) is 14.7. The van der Waals surface area contributed by atoms with Crippen molar-refractivity contribution in [3.05, 3.63) is 93.8 Å². The van der Waals surface area contributed by atoms with E-state index in [4.69, 9.17) is 24.7 Å². The molecule has 240 valence electrons. The monoisotopic (exact) mass is 691 g/mol. The van der Waals surface area contributed by atoms with Gasteiger partial charge in [0.15, 0.2) is 0 Å². The summed E-state index contributed by atoms with van der Waals surface area (Å²) in [6.45, 7) is 1.52. The molecule has 4 aromatic rings. The van der Waals surface area contributed by atoms with Crippen LogP contribution in [0, 0.1) is 0 Å². The predicted octanol–water partition coefficient (Wildman–Crippen LogP) is 6.33. The van der Waals surface area contributed by atoms with Crippen molar-refractivity contribution in [2.75, 3.05) is 43.7 Å². The smallest absolute Gasteiger partial charge is 0.264 e. The molecule has 0 aliphatic rings. The zero-order chi connectivity index (χ0) is 32.3. The molecule has 0 aliphatic heterocycles. The van der Waals surface area contributed by atoms with Gasteiger partial charge in [-0.05, 0) is 66.9 Å². The van der Waals surface area contributed by atoms with Gasteiger partial charge in [-0.3, -0.25) is 13.4 Å². The number of aromatic nitrogens is 1. The largest absolute Gasteiger partial charge is 0.486 e. The van der Waals surface area contributed by atoms with Crippen LogP contribution < -0.4 is 9.64 Å². The van der Waals surface area contributed by atoms with E-state index in [1.165, 1.54) is 11.3 Å². The lowest BCUT2D eigenvalue weighted by Gasteiger charge is -2.25. The molecule has 0 fully saturated rings. The van der Waals surface area contributed by atoms with Crippen molar-refractivity contribution < 1.29 is 29.9 Å². The molecule has 0 aliphatic carbocycles. The molecular weight excluding hydrogens is 658 g/mol. The minimum atomic E-state index is -3.52. The summed E-state index contributed by atoms with van der Waals surface area (Å²) in [7, 11) is -7.03. The van der Waals surface area contributed by atoms with Gasteiger partial charge in [-0.15, -0.1) is 11.3 Å². The lowest BCUT2D eigenvalue weighted by atomic mass is 10.1. The van der Waals surface area contributed by atoms with E-state index in [-0.39, 0.29) is 13.2 Å². The summed E-state index contributed by atoms with van der Waals surface area (Å²) in [5.41, 5.74) is 4.44. The van der Waals surface area contributed by atoms with E-state index < -0.39 is 20.2 Å². The topological polar surface area (TPSA) is 124 Å². The first kappa shape index (κ1) is 34.5. The highest BCUT2D eigenvalue weighted by Crippen LogP contribution is 2.26. The second-order valence-electron chi connectivity index (χ2n) is 10.0. The standard InChI is InChI=1S/C31H34ClN3O7S3/c1-44(36,37)41-19-3-17-35(18-4-20-42-45(2,38)39)28-13-5-24(6-14-28)21-33-27-11-7-25(8-12-27)30-23-43-31(34-30)22-40-29-15-9-26(32)10-16-29/h5-16,21,23H,3-4,17-20,22H2,1-2H3. The quantitative estimate of drug-likeness (QED) is 0.0709. The molecule has 0 spiro atoms. The van der Waals surface area contributed by atoms with Gasteiger partial charge >= 0.3 is 0 Å². The van der Waals surface area contributed by atoms with Gasteiger partial charge in [-0.1, -0.05) is 35.9 Å². The number of aliphatic imine (C=N–C) groups is 1. The number of halogens is 1. The average molecular weight is 692 g/mol. The van der Waals surface area contributed by atoms with Crippen LogP contribution in [0.4, 0.5) is 11.4 Å². The fraction of sp³-hybridized carbons (Fsp3) is 0.290. The summed E-state index contributed by atoms with van der Waals surface area (Å²) in [6, 6.07) is 22.8. The number of nitrogens with zero attached hydrogens (tertiary/aromatic N) is 3. The van der Waals surface area contributed by atoms with Crippen molar-refractivity contribution in [2.45, 2.75) is 19.4 Å². The third-order valence-electron chi connectivity index (χ3n) is 6.25. The fourth-order valence-electron chi connectivity index (χ4n) is 4.13. The molecule has 0 saturated carbocycles. The Morgan fingerprint density at radius 3 is 2.02 bits per heavy atom. The molecule has 45 heavy (non-hydrogen) atoms. The molecule has 0 amide bonds. The molecule has 0 atom stereocenters. The summed E-state index contributed by atoms with van der Waals surface area (Å²) in [5.74, 6) is 0.736. The van der Waals surface area contributed by atoms with E-state index in [2.05, 4.69) is 9.98 Å². The van der Waals surface area contributed by atoms with Gasteiger partial charge in [0.1, 0.15) is 17.4 Å². The van der Waals surface area contributed by atoms with Crippen molar-refractivity contribution in [3.8, 4) is 17.0 Å². The first-order valence-electron chi connectivity index (χ1n) is 13.9. The minimum absolute atomic E-state index is 0.0566. The zero-order valence-corrected chi connectivity index (χ0v) is 28.0. The summed E-state index contributed by atoms with van der Waals surface area (Å²) >= 11 is 7.46. The number of hydrogen-bond donors (Lipinski definition) is 0. The van der Waals surface area contributed by atoms with Crippen LogP contribution in [0.2, 0.25) is 5.02 Å². The number of rotatable bonds is 17. The average Bonchev–Trinajstić information content (AvgIpc) is 3.48. The van der Waals surface area contributed by atoms with Gasteiger partial charge < -0.3 is 9.64 Å². The number of anilines is 1. The van der Waals surface area contributed by atoms with Crippen molar-refractivity contribution in [3.63, 3.8) is 0 Å². The molecule has 14 heteroatoms. The Hall–Kier alpha value is -3.33. The Balaban J connectivity index is 1.32. The molecule has 0 radical (unpaired) electrons. The van der Waals surface area contributed by atoms with Crippen LogP contribution in [0.5, 0.6) is 5.75 Å². The Labute approximate surface area is 273 Å². The maximum Gasteiger partial charge on any atom is 0.264 e. The maximum absolute atomic E-state index is 11.3. The summed E-state index contributed by atoms with van der Waals surface area (Å²) < 4.78 is 60.6. The number of ether oxygens (including phenoxy) is 1. The van der Waals surface area contributed by atoms with Crippen molar-refractivity contribution in [1.82, 2.24) is 4.98 Å². The van der Waals surface area contributed by atoms with Crippen LogP contribution in [-0.2, 0) is 35.2 Å². The highest BCUT2D eigenvalue weighted by Gasteiger charge is 2.10. The first-order chi connectivity index (χ1) is 21.4. The molecule has 0 unspecified atom stereocenters. The summed E-state index contributed by atoms with van der Waals surface area (Å²) in [4.78, 5) is 11.3. The zero-order valence-electron chi connectivity index (χ0n) is 24.8. The van der Waals surface area contributed by atoms with E-state index in [0.29, 0.717) is 37.6 Å². The van der Waals surface area contributed by atoms with E-state index in [1.807, 2.05) is 70.9 Å². The molecule has 1 aromatic heterocycles. The van der Waals surface area contributed by atoms with E-state index in [9.17, 15) is 16.8 Å². The number of thiazole rings is 1. The molecule has 4 rings (SSSR count). The van der Waals surface area contributed by atoms with Gasteiger partial charge in [-0.2, -0.15) is 16.8 Å². The Bertz CT molecular complexity index is 1720. The SMILES string of the molecule is CS(=O)(=O)OCCCN(CCCOS(C)(=O)=O)c1ccc(C=Nc2ccc(-c3csc(COc4ccc(Cl)cc4)n3)cc2)cc1. The molecule has 0 saturated heterocycles. The van der Waals surface area contributed by atoms with Gasteiger partial charge in [0.25, 0.3) is 20.2 Å². The Morgan fingerprint density at radius 1 is 0.844 bits per heavy atom. The van der Waals surface area contributed by atoms with Gasteiger partial charge in [0, 0.05) is 41.0 Å².